The van der Waals surface area contributed by atoms with Gasteiger partial charge in [0.1, 0.15) is 23.8 Å². The molecule has 8 heteroatoms. The second kappa shape index (κ2) is 10.5. The molecule has 0 radical (unpaired) electrons. The Morgan fingerprint density at radius 2 is 1.89 bits per heavy atom. The number of methoxy groups -OCH3 is 1. The van der Waals surface area contributed by atoms with Gasteiger partial charge in [-0.15, -0.1) is 0 Å². The second-order valence-electron chi connectivity index (χ2n) is 7.92. The molecule has 1 aliphatic heterocycles. The Balaban J connectivity index is 1.71. The molecule has 1 amide bonds. The summed E-state index contributed by atoms with van der Waals surface area (Å²) in [6, 6.07) is 3.94. The Labute approximate surface area is 168 Å². The number of piperazine rings is 1. The van der Waals surface area contributed by atoms with Gasteiger partial charge in [-0.05, 0) is 32.9 Å². The van der Waals surface area contributed by atoms with Crippen LogP contribution in [0.4, 0.5) is 10.6 Å². The minimum absolute atomic E-state index is 0.275. The van der Waals surface area contributed by atoms with Crippen molar-refractivity contribution in [1.29, 1.82) is 0 Å². The van der Waals surface area contributed by atoms with Crippen LogP contribution in [0.1, 0.15) is 20.8 Å². The van der Waals surface area contributed by atoms with Crippen LogP contribution in [-0.4, -0.2) is 93.1 Å². The summed E-state index contributed by atoms with van der Waals surface area (Å²) in [7, 11) is 3.43. The van der Waals surface area contributed by atoms with Gasteiger partial charge < -0.3 is 24.0 Å². The fraction of sp³-hybridized carbons (Fsp3) is 0.700. The van der Waals surface area contributed by atoms with Crippen LogP contribution < -0.4 is 9.64 Å². The van der Waals surface area contributed by atoms with Gasteiger partial charge in [-0.25, -0.2) is 9.78 Å². The molecule has 0 aliphatic carbocycles. The molecule has 2 heterocycles. The van der Waals surface area contributed by atoms with Crippen molar-refractivity contribution in [2.75, 3.05) is 71.5 Å². The number of pyridine rings is 1. The van der Waals surface area contributed by atoms with Crippen molar-refractivity contribution < 1.29 is 19.0 Å². The lowest BCUT2D eigenvalue weighted by molar-refractivity contribution is 0.0282. The highest BCUT2D eigenvalue weighted by molar-refractivity contribution is 5.67. The van der Waals surface area contributed by atoms with E-state index in [4.69, 9.17) is 14.2 Å². The van der Waals surface area contributed by atoms with Gasteiger partial charge in [0.25, 0.3) is 0 Å². The molecule has 0 bridgehead atoms. The first-order valence-electron chi connectivity index (χ1n) is 9.78. The van der Waals surface area contributed by atoms with Crippen LogP contribution in [0.25, 0.3) is 0 Å². The number of likely N-dealkylation sites (N-methyl/N-ethyl adjacent to an activating group) is 1. The Hall–Kier alpha value is -2.06. The van der Waals surface area contributed by atoms with Gasteiger partial charge in [0, 0.05) is 53.4 Å². The van der Waals surface area contributed by atoms with Gasteiger partial charge in [0.15, 0.2) is 0 Å². The van der Waals surface area contributed by atoms with Crippen LogP contribution >= 0.6 is 0 Å². The van der Waals surface area contributed by atoms with Crippen molar-refractivity contribution >= 4 is 11.9 Å². The smallest absolute Gasteiger partial charge is 0.410 e. The highest BCUT2D eigenvalue weighted by Gasteiger charge is 2.22. The quantitative estimate of drug-likeness (QED) is 0.626. The van der Waals surface area contributed by atoms with Gasteiger partial charge in [-0.3, -0.25) is 4.90 Å². The van der Waals surface area contributed by atoms with Gasteiger partial charge in [0.05, 0.1) is 12.8 Å². The van der Waals surface area contributed by atoms with Crippen molar-refractivity contribution in [2.45, 2.75) is 26.4 Å². The monoisotopic (exact) mass is 394 g/mol. The Morgan fingerprint density at radius 3 is 2.46 bits per heavy atom. The average molecular weight is 395 g/mol. The number of hydrogen-bond donors (Lipinski definition) is 0. The summed E-state index contributed by atoms with van der Waals surface area (Å²) in [6.45, 7) is 11.9. The van der Waals surface area contributed by atoms with Crippen LogP contribution in [0.5, 0.6) is 5.75 Å². The van der Waals surface area contributed by atoms with Crippen LogP contribution in [-0.2, 0) is 9.47 Å². The molecule has 158 valence electrons. The van der Waals surface area contributed by atoms with Crippen LogP contribution in [0.3, 0.4) is 0 Å². The molecule has 0 saturated carbocycles. The molecule has 1 aromatic rings. The van der Waals surface area contributed by atoms with E-state index in [1.807, 2.05) is 32.9 Å². The predicted molar refractivity (Wildman–Crippen MR) is 109 cm³/mol. The lowest BCUT2D eigenvalue weighted by Gasteiger charge is -2.36. The third kappa shape index (κ3) is 7.52. The lowest BCUT2D eigenvalue weighted by Crippen LogP contribution is -2.49. The van der Waals surface area contributed by atoms with Crippen molar-refractivity contribution in [3.63, 3.8) is 0 Å². The minimum Gasteiger partial charge on any atom is -0.490 e. The number of hydrogen-bond acceptors (Lipinski definition) is 7. The second-order valence-corrected chi connectivity index (χ2v) is 7.92. The van der Waals surface area contributed by atoms with Crippen LogP contribution in [0, 0.1) is 0 Å². The molecule has 1 fully saturated rings. The molecular weight excluding hydrogens is 360 g/mol. The largest absolute Gasteiger partial charge is 0.490 e. The Bertz CT molecular complexity index is 595. The zero-order chi connectivity index (χ0) is 20.6. The van der Waals surface area contributed by atoms with E-state index >= 15 is 0 Å². The summed E-state index contributed by atoms with van der Waals surface area (Å²) in [4.78, 5) is 22.8. The fourth-order valence-electron chi connectivity index (χ4n) is 2.81. The first-order chi connectivity index (χ1) is 13.3. The van der Waals surface area contributed by atoms with Gasteiger partial charge in [-0.1, -0.05) is 0 Å². The standard InChI is InChI=1S/C20H34N4O4/c1-20(2,3)28-19(25)22(4)8-9-23-10-12-24(13-11-23)18-7-6-17(16-21-18)27-15-14-26-5/h6-7,16H,8-15H2,1-5H3. The highest BCUT2D eigenvalue weighted by Crippen LogP contribution is 2.17. The molecular formula is C20H34N4O4. The van der Waals surface area contributed by atoms with E-state index < -0.39 is 5.60 Å². The third-order valence-electron chi connectivity index (χ3n) is 4.43. The van der Waals surface area contributed by atoms with Crippen LogP contribution in [0.15, 0.2) is 18.3 Å². The lowest BCUT2D eigenvalue weighted by atomic mass is 10.2. The molecule has 0 spiro atoms. The number of ether oxygens (including phenoxy) is 3. The van der Waals surface area contributed by atoms with Crippen molar-refractivity contribution in [1.82, 2.24) is 14.8 Å². The number of aromatic nitrogens is 1. The predicted octanol–water partition coefficient (Wildman–Crippen LogP) is 2.10. The van der Waals surface area contributed by atoms with E-state index in [-0.39, 0.29) is 6.09 Å². The van der Waals surface area contributed by atoms with E-state index in [2.05, 4.69) is 14.8 Å². The number of anilines is 1. The molecule has 0 aromatic carbocycles. The maximum Gasteiger partial charge on any atom is 0.410 e. The molecule has 0 N–H and O–H groups in total. The van der Waals surface area contributed by atoms with Crippen molar-refractivity contribution in [3.05, 3.63) is 18.3 Å². The molecule has 1 aliphatic rings. The number of carbonyl (C=O) groups is 1. The summed E-state index contributed by atoms with van der Waals surface area (Å²) in [5.74, 6) is 1.72. The van der Waals surface area contributed by atoms with Crippen molar-refractivity contribution in [2.24, 2.45) is 0 Å². The van der Waals surface area contributed by atoms with E-state index in [1.165, 1.54) is 0 Å². The normalized spacial score (nSPS) is 15.4. The third-order valence-corrected chi connectivity index (χ3v) is 4.43. The molecule has 0 atom stereocenters. The topological polar surface area (TPSA) is 67.4 Å². The van der Waals surface area contributed by atoms with E-state index in [0.717, 1.165) is 44.3 Å². The first-order valence-corrected chi connectivity index (χ1v) is 9.78. The van der Waals surface area contributed by atoms with E-state index in [0.29, 0.717) is 19.8 Å². The SMILES string of the molecule is COCCOc1ccc(N2CCN(CCN(C)C(=O)OC(C)(C)C)CC2)nc1. The zero-order valence-electron chi connectivity index (χ0n) is 17.8. The molecule has 0 unspecified atom stereocenters. The molecule has 2 rings (SSSR count). The average Bonchev–Trinajstić information content (AvgIpc) is 2.66. The summed E-state index contributed by atoms with van der Waals surface area (Å²) in [6.07, 6.45) is 1.48. The van der Waals surface area contributed by atoms with E-state index in [9.17, 15) is 4.79 Å². The summed E-state index contributed by atoms with van der Waals surface area (Å²) in [5.41, 5.74) is -0.464. The Kier molecular flexibility index (Phi) is 8.32. The summed E-state index contributed by atoms with van der Waals surface area (Å²) >= 11 is 0. The maximum absolute atomic E-state index is 12.0. The number of amides is 1. The maximum atomic E-state index is 12.0. The van der Waals surface area contributed by atoms with Crippen LogP contribution in [0.2, 0.25) is 0 Å². The molecule has 8 nitrogen and oxygen atoms in total. The number of nitrogens with zero attached hydrogens (tertiary/aromatic N) is 4. The zero-order valence-corrected chi connectivity index (χ0v) is 17.8. The Morgan fingerprint density at radius 1 is 1.18 bits per heavy atom. The van der Waals surface area contributed by atoms with E-state index in [1.54, 1.807) is 25.3 Å². The van der Waals surface area contributed by atoms with Gasteiger partial charge >= 0.3 is 6.09 Å². The van der Waals surface area contributed by atoms with Crippen molar-refractivity contribution in [3.8, 4) is 5.75 Å². The summed E-state index contributed by atoms with van der Waals surface area (Å²) in [5, 5.41) is 0. The number of rotatable bonds is 8. The number of carbonyl (C=O) groups excluding carboxylic acids is 1. The highest BCUT2D eigenvalue weighted by atomic mass is 16.6. The molecule has 28 heavy (non-hydrogen) atoms. The summed E-state index contributed by atoms with van der Waals surface area (Å²) < 4.78 is 15.9. The molecule has 1 aromatic heterocycles. The minimum atomic E-state index is -0.464. The fourth-order valence-corrected chi connectivity index (χ4v) is 2.81. The first kappa shape index (κ1) is 22.2. The van der Waals surface area contributed by atoms with Gasteiger partial charge in [-0.2, -0.15) is 0 Å². The van der Waals surface area contributed by atoms with Gasteiger partial charge in [0.2, 0.25) is 0 Å². The molecule has 1 saturated heterocycles.